The van der Waals surface area contributed by atoms with Crippen molar-refractivity contribution in [2.24, 2.45) is 0 Å². The number of anilines is 1. The fourth-order valence-electron chi connectivity index (χ4n) is 3.39. The van der Waals surface area contributed by atoms with Crippen LogP contribution in [-0.4, -0.2) is 38.8 Å². The Morgan fingerprint density at radius 3 is 2.50 bits per heavy atom. The van der Waals surface area contributed by atoms with Crippen LogP contribution in [-0.2, 0) is 0 Å². The average Bonchev–Trinajstić information content (AvgIpc) is 3.54. The summed E-state index contributed by atoms with van der Waals surface area (Å²) in [6, 6.07) is 4.81. The van der Waals surface area contributed by atoms with Crippen molar-refractivity contribution in [3.8, 4) is 17.0 Å². The third kappa shape index (κ3) is 5.13. The minimum atomic E-state index is -4.83. The van der Waals surface area contributed by atoms with Gasteiger partial charge in [0.15, 0.2) is 6.10 Å². The summed E-state index contributed by atoms with van der Waals surface area (Å²) in [5.74, 6) is -5.62. The van der Waals surface area contributed by atoms with Gasteiger partial charge in [0.05, 0.1) is 22.0 Å². The molecule has 1 aliphatic carbocycles. The Labute approximate surface area is 205 Å². The second-order valence-corrected chi connectivity index (χ2v) is 8.48. The van der Waals surface area contributed by atoms with E-state index >= 15 is 4.39 Å². The van der Waals surface area contributed by atoms with Gasteiger partial charge in [0.2, 0.25) is 5.82 Å². The van der Waals surface area contributed by atoms with E-state index in [2.05, 4.69) is 10.3 Å². The molecule has 0 spiro atoms. The molecule has 1 fully saturated rings. The molecule has 190 valence electrons. The Balaban J connectivity index is 1.79. The number of aromatic carboxylic acids is 1. The van der Waals surface area contributed by atoms with E-state index < -0.39 is 52.8 Å². The summed E-state index contributed by atoms with van der Waals surface area (Å²) < 4.78 is 75.2. The number of para-hydroxylation sites is 1. The number of aromatic nitrogens is 2. The highest BCUT2D eigenvalue weighted by molar-refractivity contribution is 6.34. The minimum Gasteiger partial charge on any atom is -0.480 e. The number of carboxylic acid groups (broad SMARTS) is 1. The lowest BCUT2D eigenvalue weighted by molar-refractivity contribution is -0.189. The number of amides is 1. The third-order valence-corrected chi connectivity index (χ3v) is 5.73. The Kier molecular flexibility index (Phi) is 6.65. The van der Waals surface area contributed by atoms with E-state index in [0.29, 0.717) is 25.8 Å². The van der Waals surface area contributed by atoms with Crippen molar-refractivity contribution < 1.29 is 41.4 Å². The summed E-state index contributed by atoms with van der Waals surface area (Å²) in [6.45, 7) is 0.683. The number of halogens is 6. The van der Waals surface area contributed by atoms with Gasteiger partial charge >= 0.3 is 12.1 Å². The molecule has 2 aromatic carbocycles. The van der Waals surface area contributed by atoms with E-state index in [1.807, 2.05) is 0 Å². The number of hydrogen-bond acceptors (Lipinski definition) is 4. The monoisotopic (exact) mass is 529 g/mol. The maximum atomic E-state index is 15.1. The van der Waals surface area contributed by atoms with Gasteiger partial charge in [-0.1, -0.05) is 17.7 Å². The number of alkyl halides is 3. The van der Waals surface area contributed by atoms with Crippen LogP contribution in [0.15, 0.2) is 36.5 Å². The summed E-state index contributed by atoms with van der Waals surface area (Å²) >= 11 is 5.89. The van der Waals surface area contributed by atoms with Gasteiger partial charge in [0, 0.05) is 17.8 Å². The molecule has 1 aromatic heterocycles. The molecule has 1 saturated carbocycles. The van der Waals surface area contributed by atoms with Crippen molar-refractivity contribution in [2.45, 2.75) is 38.1 Å². The number of ether oxygens (including phenoxy) is 1. The fraction of sp³-hybridized carbons (Fsp3) is 0.261. The number of rotatable bonds is 7. The lowest BCUT2D eigenvalue weighted by atomic mass is 10.1. The zero-order valence-electron chi connectivity index (χ0n) is 18.4. The van der Waals surface area contributed by atoms with Crippen molar-refractivity contribution in [2.75, 3.05) is 5.32 Å². The van der Waals surface area contributed by atoms with Crippen LogP contribution in [0.3, 0.4) is 0 Å². The van der Waals surface area contributed by atoms with Gasteiger partial charge in [-0.3, -0.25) is 4.79 Å². The maximum absolute atomic E-state index is 15.1. The molecule has 0 aliphatic heterocycles. The minimum absolute atomic E-state index is 0.142. The summed E-state index contributed by atoms with van der Waals surface area (Å²) in [7, 11) is 0. The number of nitrogens with one attached hydrogen (secondary N) is 1. The third-order valence-electron chi connectivity index (χ3n) is 5.42. The molecule has 0 bridgehead atoms. The molecule has 1 amide bonds. The lowest BCUT2D eigenvalue weighted by Crippen LogP contribution is -2.32. The van der Waals surface area contributed by atoms with E-state index in [9.17, 15) is 32.3 Å². The van der Waals surface area contributed by atoms with Crippen LogP contribution in [0.25, 0.3) is 11.3 Å². The normalized spacial score (nSPS) is 14.4. The number of carbonyl (C=O) groups is 2. The molecule has 2 N–H and O–H groups in total. The molecular formula is C23H17ClF5N3O4. The number of imidazole rings is 1. The van der Waals surface area contributed by atoms with Gasteiger partial charge in [-0.25, -0.2) is 18.6 Å². The zero-order chi connectivity index (χ0) is 26.4. The van der Waals surface area contributed by atoms with Crippen molar-refractivity contribution in [3.05, 3.63) is 64.6 Å². The molecular weight excluding hydrogens is 513 g/mol. The molecule has 1 atom stereocenters. The largest absolute Gasteiger partial charge is 0.480 e. The van der Waals surface area contributed by atoms with E-state index in [4.69, 9.17) is 16.3 Å². The quantitative estimate of drug-likeness (QED) is 0.361. The van der Waals surface area contributed by atoms with Crippen LogP contribution in [0.4, 0.5) is 27.6 Å². The predicted molar refractivity (Wildman–Crippen MR) is 118 cm³/mol. The molecule has 4 rings (SSSR count). The lowest BCUT2D eigenvalue weighted by Gasteiger charge is -2.20. The molecule has 36 heavy (non-hydrogen) atoms. The first-order valence-corrected chi connectivity index (χ1v) is 10.9. The summed E-state index contributed by atoms with van der Waals surface area (Å²) in [5, 5.41) is 11.3. The smallest absolute Gasteiger partial charge is 0.425 e. The second-order valence-electron chi connectivity index (χ2n) is 8.07. The first-order chi connectivity index (χ1) is 16.9. The fourth-order valence-corrected chi connectivity index (χ4v) is 3.60. The predicted octanol–water partition coefficient (Wildman–Crippen LogP) is 6.10. The number of benzene rings is 2. The van der Waals surface area contributed by atoms with Gasteiger partial charge < -0.3 is 19.7 Å². The Morgan fingerprint density at radius 2 is 1.92 bits per heavy atom. The highest BCUT2D eigenvalue weighted by Gasteiger charge is 2.39. The van der Waals surface area contributed by atoms with E-state index in [1.165, 1.54) is 22.9 Å². The van der Waals surface area contributed by atoms with Crippen LogP contribution >= 0.6 is 11.6 Å². The van der Waals surface area contributed by atoms with Crippen molar-refractivity contribution in [3.63, 3.8) is 0 Å². The van der Waals surface area contributed by atoms with Gasteiger partial charge in [-0.05, 0) is 44.0 Å². The molecule has 1 heterocycles. The first-order valence-electron chi connectivity index (χ1n) is 10.5. The van der Waals surface area contributed by atoms with Gasteiger partial charge in [-0.15, -0.1) is 0 Å². The molecule has 0 radical (unpaired) electrons. The summed E-state index contributed by atoms with van der Waals surface area (Å²) in [4.78, 5) is 28.3. The Morgan fingerprint density at radius 1 is 1.22 bits per heavy atom. The van der Waals surface area contributed by atoms with Crippen LogP contribution in [0.5, 0.6) is 5.75 Å². The van der Waals surface area contributed by atoms with Crippen molar-refractivity contribution in [1.29, 1.82) is 0 Å². The second kappa shape index (κ2) is 9.41. The number of carbonyl (C=O) groups excluding carboxylic acids is 1. The maximum Gasteiger partial charge on any atom is 0.425 e. The standard InChI is InChI=1S/C23H17ClF5N3O4/c1-10(23(27,28)29)36-18-8-12(17-9-32(11-5-6-11)20(30-17)22(34)35)16(26)7-13(18)21(33)31-19-14(24)3-2-4-15(19)25/h2-4,7-11H,5-6H2,1H3,(H,31,33)(H,34,35). The highest BCUT2D eigenvalue weighted by Crippen LogP contribution is 2.39. The molecule has 13 heteroatoms. The summed E-state index contributed by atoms with van der Waals surface area (Å²) in [6.07, 6.45) is -4.59. The van der Waals surface area contributed by atoms with Crippen LogP contribution in [0, 0.1) is 11.6 Å². The van der Waals surface area contributed by atoms with Gasteiger partial charge in [0.25, 0.3) is 5.91 Å². The zero-order valence-corrected chi connectivity index (χ0v) is 19.1. The Bertz CT molecular complexity index is 1330. The van der Waals surface area contributed by atoms with Gasteiger partial charge in [0.1, 0.15) is 17.4 Å². The molecule has 1 unspecified atom stereocenters. The molecule has 7 nitrogen and oxygen atoms in total. The van der Waals surface area contributed by atoms with Crippen molar-refractivity contribution >= 4 is 29.2 Å². The van der Waals surface area contributed by atoms with E-state index in [0.717, 1.165) is 12.1 Å². The van der Waals surface area contributed by atoms with Gasteiger partial charge in [-0.2, -0.15) is 13.2 Å². The number of nitrogens with zero attached hydrogens (tertiary/aromatic N) is 2. The SMILES string of the molecule is CC(Oc1cc(-c2cn(C3CC3)c(C(=O)O)n2)c(F)cc1C(=O)Nc1c(F)cccc1Cl)C(F)(F)F. The summed E-state index contributed by atoms with van der Waals surface area (Å²) in [5.41, 5.74) is -1.70. The number of hydrogen-bond donors (Lipinski definition) is 2. The van der Waals surface area contributed by atoms with Crippen LogP contribution < -0.4 is 10.1 Å². The molecule has 1 aliphatic rings. The van der Waals surface area contributed by atoms with Crippen LogP contribution in [0.1, 0.15) is 46.8 Å². The van der Waals surface area contributed by atoms with E-state index in [1.54, 1.807) is 0 Å². The Hall–Kier alpha value is -3.67. The molecule has 0 saturated heterocycles. The molecule has 3 aromatic rings. The topological polar surface area (TPSA) is 93.4 Å². The van der Waals surface area contributed by atoms with Crippen LogP contribution in [0.2, 0.25) is 5.02 Å². The first kappa shape index (κ1) is 25.4. The number of carboxylic acids is 1. The van der Waals surface area contributed by atoms with E-state index in [-0.39, 0.29) is 28.1 Å². The average molecular weight is 530 g/mol. The van der Waals surface area contributed by atoms with Crippen molar-refractivity contribution in [1.82, 2.24) is 9.55 Å². The highest BCUT2D eigenvalue weighted by atomic mass is 35.5.